The minimum atomic E-state index is -0.883. The fourth-order valence-corrected chi connectivity index (χ4v) is 1.55. The Bertz CT molecular complexity index is 422. The highest BCUT2D eigenvalue weighted by atomic mass is 16.4. The minimum absolute atomic E-state index is 0.0141. The monoisotopic (exact) mass is 248 g/mol. The Labute approximate surface area is 108 Å². The summed E-state index contributed by atoms with van der Waals surface area (Å²) >= 11 is 0. The van der Waals surface area contributed by atoms with Gasteiger partial charge in [-0.05, 0) is 23.6 Å². The van der Waals surface area contributed by atoms with Crippen LogP contribution in [-0.2, 0) is 4.79 Å². The van der Waals surface area contributed by atoms with E-state index >= 15 is 0 Å². The second-order valence-electron chi connectivity index (χ2n) is 4.79. The molecule has 1 N–H and O–H groups in total. The quantitative estimate of drug-likeness (QED) is 0.813. The van der Waals surface area contributed by atoms with E-state index in [9.17, 15) is 4.79 Å². The number of carboxylic acids is 1. The van der Waals surface area contributed by atoms with Crippen molar-refractivity contribution in [3.8, 4) is 0 Å². The van der Waals surface area contributed by atoms with Crippen molar-refractivity contribution in [3.05, 3.63) is 29.8 Å². The lowest BCUT2D eigenvalue weighted by Crippen LogP contribution is -2.24. The lowest BCUT2D eigenvalue weighted by atomic mass is 10.1. The van der Waals surface area contributed by atoms with Gasteiger partial charge in [-0.1, -0.05) is 26.0 Å². The summed E-state index contributed by atoms with van der Waals surface area (Å²) in [5.74, 6) is -0.897. The lowest BCUT2D eigenvalue weighted by molar-refractivity contribution is -0.139. The molecule has 0 aliphatic heterocycles. The van der Waals surface area contributed by atoms with Crippen molar-refractivity contribution in [1.29, 1.82) is 0 Å². The van der Waals surface area contributed by atoms with Crippen molar-refractivity contribution < 1.29 is 9.90 Å². The van der Waals surface area contributed by atoms with Crippen molar-refractivity contribution in [2.75, 3.05) is 19.0 Å². The van der Waals surface area contributed by atoms with Gasteiger partial charge in [-0.15, -0.1) is 0 Å². The minimum Gasteiger partial charge on any atom is -0.480 e. The first kappa shape index (κ1) is 14.2. The maximum Gasteiger partial charge on any atom is 0.328 e. The van der Waals surface area contributed by atoms with E-state index in [-0.39, 0.29) is 5.92 Å². The molecule has 0 radical (unpaired) electrons. The largest absolute Gasteiger partial charge is 0.480 e. The molecule has 0 amide bonds. The lowest BCUT2D eigenvalue weighted by Gasteiger charge is -2.12. The van der Waals surface area contributed by atoms with E-state index in [2.05, 4.69) is 4.99 Å². The molecular weight excluding hydrogens is 228 g/mol. The second kappa shape index (κ2) is 6.19. The fourth-order valence-electron chi connectivity index (χ4n) is 1.55. The molecule has 0 saturated carbocycles. The van der Waals surface area contributed by atoms with E-state index in [1.807, 2.05) is 57.1 Å². The van der Waals surface area contributed by atoms with Crippen molar-refractivity contribution in [3.63, 3.8) is 0 Å². The first-order chi connectivity index (χ1) is 8.41. The molecule has 0 aliphatic rings. The maximum atomic E-state index is 11.0. The maximum absolute atomic E-state index is 11.0. The molecule has 98 valence electrons. The number of nitrogens with zero attached hydrogens (tertiary/aromatic N) is 2. The Kier molecular flexibility index (Phi) is 4.89. The Morgan fingerprint density at radius 3 is 2.22 bits per heavy atom. The van der Waals surface area contributed by atoms with Gasteiger partial charge in [0.1, 0.15) is 6.04 Å². The molecule has 4 heteroatoms. The zero-order chi connectivity index (χ0) is 13.7. The van der Waals surface area contributed by atoms with E-state index < -0.39 is 12.0 Å². The predicted octanol–water partition coefficient (Wildman–Crippen LogP) is 2.28. The molecule has 0 saturated heterocycles. The van der Waals surface area contributed by atoms with Crippen LogP contribution >= 0.6 is 0 Å². The first-order valence-electron chi connectivity index (χ1n) is 5.95. The average Bonchev–Trinajstić information content (AvgIpc) is 2.28. The van der Waals surface area contributed by atoms with E-state index in [1.165, 1.54) is 0 Å². The van der Waals surface area contributed by atoms with Crippen LogP contribution in [0.1, 0.15) is 19.4 Å². The van der Waals surface area contributed by atoms with E-state index in [0.29, 0.717) is 0 Å². The molecule has 1 aromatic rings. The van der Waals surface area contributed by atoms with Crippen LogP contribution in [0.5, 0.6) is 0 Å². The van der Waals surface area contributed by atoms with Crippen LogP contribution in [0.4, 0.5) is 5.69 Å². The Morgan fingerprint density at radius 1 is 1.28 bits per heavy atom. The number of aliphatic imine (C=N–C) groups is 1. The number of carbonyl (C=O) groups is 1. The van der Waals surface area contributed by atoms with E-state index in [0.717, 1.165) is 11.3 Å². The molecule has 0 aromatic heterocycles. The fraction of sp³-hybridized carbons (Fsp3) is 0.429. The standard InChI is InChI=1S/C14H20N2O2/c1-10(2)13(14(17)18)15-9-11-5-7-12(8-6-11)16(3)4/h5-10,13H,1-4H3,(H,17,18). The first-order valence-corrected chi connectivity index (χ1v) is 5.95. The summed E-state index contributed by atoms with van der Waals surface area (Å²) < 4.78 is 0. The molecular formula is C14H20N2O2. The number of carboxylic acid groups (broad SMARTS) is 1. The molecule has 1 atom stereocenters. The van der Waals surface area contributed by atoms with Crippen LogP contribution in [-0.4, -0.2) is 37.4 Å². The summed E-state index contributed by atoms with van der Waals surface area (Å²) in [6.45, 7) is 3.70. The van der Waals surface area contributed by atoms with Crippen LogP contribution in [0.15, 0.2) is 29.3 Å². The van der Waals surface area contributed by atoms with E-state index in [1.54, 1.807) is 6.21 Å². The zero-order valence-electron chi connectivity index (χ0n) is 11.3. The summed E-state index contributed by atoms with van der Waals surface area (Å²) in [6, 6.07) is 7.13. The number of benzene rings is 1. The van der Waals surface area contributed by atoms with Crippen LogP contribution in [0.25, 0.3) is 0 Å². The summed E-state index contributed by atoms with van der Waals surface area (Å²) in [4.78, 5) is 17.1. The van der Waals surface area contributed by atoms with Gasteiger partial charge in [0.15, 0.2) is 0 Å². The van der Waals surface area contributed by atoms with Gasteiger partial charge < -0.3 is 10.0 Å². The SMILES string of the molecule is CC(C)C(N=Cc1ccc(N(C)C)cc1)C(=O)O. The molecule has 1 aromatic carbocycles. The summed E-state index contributed by atoms with van der Waals surface area (Å²) in [6.07, 6.45) is 1.62. The molecule has 0 aliphatic carbocycles. The number of rotatable bonds is 5. The number of anilines is 1. The molecule has 0 bridgehead atoms. The van der Waals surface area contributed by atoms with Crippen molar-refractivity contribution >= 4 is 17.9 Å². The van der Waals surface area contributed by atoms with Gasteiger partial charge in [0.25, 0.3) is 0 Å². The molecule has 0 spiro atoms. The Balaban J connectivity index is 2.80. The van der Waals surface area contributed by atoms with Crippen LogP contribution in [0.3, 0.4) is 0 Å². The molecule has 1 rings (SSSR count). The third-order valence-electron chi connectivity index (χ3n) is 2.68. The van der Waals surface area contributed by atoms with Crippen molar-refractivity contribution in [2.24, 2.45) is 10.9 Å². The summed E-state index contributed by atoms with van der Waals surface area (Å²) in [5, 5.41) is 9.02. The molecule has 0 fully saturated rings. The van der Waals surface area contributed by atoms with Gasteiger partial charge in [0.05, 0.1) is 0 Å². The highest BCUT2D eigenvalue weighted by Gasteiger charge is 2.19. The topological polar surface area (TPSA) is 52.9 Å². The third-order valence-corrected chi connectivity index (χ3v) is 2.68. The van der Waals surface area contributed by atoms with Gasteiger partial charge in [-0.2, -0.15) is 0 Å². The molecule has 1 unspecified atom stereocenters. The van der Waals surface area contributed by atoms with Crippen LogP contribution < -0.4 is 4.90 Å². The number of hydrogen-bond acceptors (Lipinski definition) is 3. The predicted molar refractivity (Wildman–Crippen MR) is 74.6 cm³/mol. The van der Waals surface area contributed by atoms with Gasteiger partial charge in [0, 0.05) is 26.0 Å². The molecule has 18 heavy (non-hydrogen) atoms. The van der Waals surface area contributed by atoms with Crippen molar-refractivity contribution in [1.82, 2.24) is 0 Å². The van der Waals surface area contributed by atoms with Crippen molar-refractivity contribution in [2.45, 2.75) is 19.9 Å². The highest BCUT2D eigenvalue weighted by molar-refractivity contribution is 5.84. The van der Waals surface area contributed by atoms with Crippen LogP contribution in [0, 0.1) is 5.92 Å². The number of hydrogen-bond donors (Lipinski definition) is 1. The smallest absolute Gasteiger partial charge is 0.328 e. The van der Waals surface area contributed by atoms with Gasteiger partial charge in [-0.3, -0.25) is 4.99 Å². The normalized spacial score (nSPS) is 12.9. The summed E-state index contributed by atoms with van der Waals surface area (Å²) in [7, 11) is 3.95. The molecule has 4 nitrogen and oxygen atoms in total. The average molecular weight is 248 g/mol. The van der Waals surface area contributed by atoms with Gasteiger partial charge >= 0.3 is 5.97 Å². The Morgan fingerprint density at radius 2 is 1.83 bits per heavy atom. The van der Waals surface area contributed by atoms with Gasteiger partial charge in [0.2, 0.25) is 0 Å². The van der Waals surface area contributed by atoms with Crippen LogP contribution in [0.2, 0.25) is 0 Å². The second-order valence-corrected chi connectivity index (χ2v) is 4.79. The van der Waals surface area contributed by atoms with Gasteiger partial charge in [-0.25, -0.2) is 4.79 Å². The third kappa shape index (κ3) is 3.87. The summed E-state index contributed by atoms with van der Waals surface area (Å²) in [5.41, 5.74) is 2.01. The Hall–Kier alpha value is -1.84. The molecule has 0 heterocycles. The zero-order valence-corrected chi connectivity index (χ0v) is 11.3. The van der Waals surface area contributed by atoms with E-state index in [4.69, 9.17) is 5.11 Å². The highest BCUT2D eigenvalue weighted by Crippen LogP contribution is 2.12. The number of aliphatic carboxylic acids is 1.